The zero-order chi connectivity index (χ0) is 19.3. The Hall–Kier alpha value is -2.44. The maximum Gasteiger partial charge on any atom is 0.407 e. The number of carbonyl (C=O) groups excluding carboxylic acids is 2. The van der Waals surface area contributed by atoms with Gasteiger partial charge in [-0.1, -0.05) is 6.07 Å². The number of alkyl carbamates (subject to hydrolysis) is 1. The molecule has 0 bridgehead atoms. The van der Waals surface area contributed by atoms with E-state index in [1.807, 2.05) is 39.8 Å². The Morgan fingerprint density at radius 1 is 1.27 bits per heavy atom. The van der Waals surface area contributed by atoms with E-state index in [4.69, 9.17) is 18.9 Å². The van der Waals surface area contributed by atoms with E-state index in [0.717, 1.165) is 11.1 Å². The van der Waals surface area contributed by atoms with Gasteiger partial charge in [-0.2, -0.15) is 0 Å². The van der Waals surface area contributed by atoms with Crippen LogP contribution in [0.2, 0.25) is 0 Å². The van der Waals surface area contributed by atoms with Gasteiger partial charge >= 0.3 is 12.1 Å². The fourth-order valence-corrected chi connectivity index (χ4v) is 2.70. The smallest absolute Gasteiger partial charge is 0.407 e. The number of fused-ring (bicyclic) bond motifs is 1. The van der Waals surface area contributed by atoms with Crippen molar-refractivity contribution < 1.29 is 28.5 Å². The minimum atomic E-state index is -0.538. The normalized spacial score (nSPS) is 13.9. The van der Waals surface area contributed by atoms with Crippen LogP contribution in [0.3, 0.4) is 0 Å². The second kappa shape index (κ2) is 8.29. The molecule has 0 spiro atoms. The van der Waals surface area contributed by atoms with Gasteiger partial charge in [0.05, 0.1) is 7.11 Å². The second-order valence-electron chi connectivity index (χ2n) is 7.32. The molecule has 1 amide bonds. The van der Waals surface area contributed by atoms with E-state index >= 15 is 0 Å². The highest BCUT2D eigenvalue weighted by atomic mass is 16.7. The Balaban J connectivity index is 2.04. The maximum atomic E-state index is 11.9. The first-order valence-corrected chi connectivity index (χ1v) is 8.65. The van der Waals surface area contributed by atoms with Gasteiger partial charge in [0.15, 0.2) is 11.5 Å². The van der Waals surface area contributed by atoms with Crippen LogP contribution in [0.1, 0.15) is 45.2 Å². The Labute approximate surface area is 153 Å². The second-order valence-corrected chi connectivity index (χ2v) is 7.32. The summed E-state index contributed by atoms with van der Waals surface area (Å²) >= 11 is 0. The van der Waals surface area contributed by atoms with Crippen LogP contribution in [0.4, 0.5) is 4.79 Å². The summed E-state index contributed by atoms with van der Waals surface area (Å²) in [5.41, 5.74) is 1.34. The lowest BCUT2D eigenvalue weighted by Gasteiger charge is -2.22. The third-order valence-corrected chi connectivity index (χ3v) is 3.74. The number of carbonyl (C=O) groups is 2. The summed E-state index contributed by atoms with van der Waals surface area (Å²) in [4.78, 5) is 23.3. The standard InChI is InChI=1S/C19H27NO6/c1-12(20-18(22)26-19(2,3)4)8-13-9-14(6-7-16(21)23-5)17-15(10-13)24-11-25-17/h9-10,12H,6-8,11H2,1-5H3,(H,20,22). The van der Waals surface area contributed by atoms with Gasteiger partial charge in [-0.15, -0.1) is 0 Å². The molecule has 0 fully saturated rings. The van der Waals surface area contributed by atoms with Crippen molar-refractivity contribution in [3.63, 3.8) is 0 Å². The molecule has 7 heteroatoms. The molecule has 1 aromatic rings. The Kier molecular flexibility index (Phi) is 6.34. The largest absolute Gasteiger partial charge is 0.469 e. The summed E-state index contributed by atoms with van der Waals surface area (Å²) < 4.78 is 21.0. The summed E-state index contributed by atoms with van der Waals surface area (Å²) in [6.45, 7) is 7.53. The molecule has 1 aliphatic rings. The van der Waals surface area contributed by atoms with Crippen LogP contribution in [0.15, 0.2) is 12.1 Å². The number of esters is 1. The molecular weight excluding hydrogens is 338 g/mol. The quantitative estimate of drug-likeness (QED) is 0.781. The zero-order valence-electron chi connectivity index (χ0n) is 16.0. The number of nitrogens with one attached hydrogen (secondary N) is 1. The fraction of sp³-hybridized carbons (Fsp3) is 0.579. The molecule has 7 nitrogen and oxygen atoms in total. The van der Waals surface area contributed by atoms with E-state index in [1.54, 1.807) is 0 Å². The van der Waals surface area contributed by atoms with Crippen LogP contribution in [-0.4, -0.2) is 37.6 Å². The molecule has 0 aliphatic carbocycles. The first-order chi connectivity index (χ1) is 12.2. The summed E-state index contributed by atoms with van der Waals surface area (Å²) in [6.07, 6.45) is 0.916. The molecule has 1 aliphatic heterocycles. The molecule has 144 valence electrons. The average molecular weight is 365 g/mol. The highest BCUT2D eigenvalue weighted by Crippen LogP contribution is 2.37. The Morgan fingerprint density at radius 2 is 2.00 bits per heavy atom. The molecule has 0 radical (unpaired) electrons. The van der Waals surface area contributed by atoms with E-state index in [2.05, 4.69) is 5.32 Å². The van der Waals surface area contributed by atoms with Crippen LogP contribution in [0, 0.1) is 0 Å². The van der Waals surface area contributed by atoms with Gasteiger partial charge in [0.1, 0.15) is 5.60 Å². The van der Waals surface area contributed by atoms with Gasteiger partial charge in [-0.05, 0) is 57.7 Å². The van der Waals surface area contributed by atoms with Gasteiger partial charge in [0, 0.05) is 12.5 Å². The lowest BCUT2D eigenvalue weighted by Crippen LogP contribution is -2.38. The summed E-state index contributed by atoms with van der Waals surface area (Å²) in [7, 11) is 1.37. The lowest BCUT2D eigenvalue weighted by molar-refractivity contribution is -0.140. The van der Waals surface area contributed by atoms with E-state index in [9.17, 15) is 9.59 Å². The number of amides is 1. The van der Waals surface area contributed by atoms with Crippen molar-refractivity contribution in [1.82, 2.24) is 5.32 Å². The van der Waals surface area contributed by atoms with Crippen LogP contribution in [0.5, 0.6) is 11.5 Å². The van der Waals surface area contributed by atoms with Crippen molar-refractivity contribution in [2.45, 2.75) is 58.6 Å². The third-order valence-electron chi connectivity index (χ3n) is 3.74. The number of ether oxygens (including phenoxy) is 4. The molecule has 0 aromatic heterocycles. The number of aryl methyl sites for hydroxylation is 1. The van der Waals surface area contributed by atoms with Crippen LogP contribution in [-0.2, 0) is 27.1 Å². The fourth-order valence-electron chi connectivity index (χ4n) is 2.70. The predicted octanol–water partition coefficient (Wildman–Crippen LogP) is 2.98. The highest BCUT2D eigenvalue weighted by molar-refractivity contribution is 5.70. The summed E-state index contributed by atoms with van der Waals surface area (Å²) in [5, 5.41) is 2.82. The molecular formula is C19H27NO6. The number of hydrogen-bond donors (Lipinski definition) is 1. The van der Waals surface area contributed by atoms with Gasteiger partial charge in [-0.3, -0.25) is 4.79 Å². The first-order valence-electron chi connectivity index (χ1n) is 8.65. The predicted molar refractivity (Wildman–Crippen MR) is 95.4 cm³/mol. The van der Waals surface area contributed by atoms with Crippen LogP contribution >= 0.6 is 0 Å². The van der Waals surface area contributed by atoms with Crippen molar-refractivity contribution >= 4 is 12.1 Å². The van der Waals surface area contributed by atoms with Crippen LogP contribution < -0.4 is 14.8 Å². The molecule has 1 atom stereocenters. The number of rotatable bonds is 6. The molecule has 1 N–H and O–H groups in total. The Bertz CT molecular complexity index is 665. The van der Waals surface area contributed by atoms with Gasteiger partial charge in [-0.25, -0.2) is 4.79 Å². The SMILES string of the molecule is COC(=O)CCc1cc(CC(C)NC(=O)OC(C)(C)C)cc2c1OCO2. The zero-order valence-corrected chi connectivity index (χ0v) is 16.0. The van der Waals surface area contributed by atoms with Crippen molar-refractivity contribution in [3.8, 4) is 11.5 Å². The minimum absolute atomic E-state index is 0.126. The van der Waals surface area contributed by atoms with Gasteiger partial charge < -0.3 is 24.3 Å². The first kappa shape index (κ1) is 19.9. The topological polar surface area (TPSA) is 83.1 Å². The van der Waals surface area contributed by atoms with Crippen molar-refractivity contribution in [2.75, 3.05) is 13.9 Å². The van der Waals surface area contributed by atoms with Gasteiger partial charge in [0.2, 0.25) is 6.79 Å². The molecule has 26 heavy (non-hydrogen) atoms. The molecule has 2 rings (SSSR count). The van der Waals surface area contributed by atoms with Crippen LogP contribution in [0.25, 0.3) is 0 Å². The highest BCUT2D eigenvalue weighted by Gasteiger charge is 2.22. The maximum absolute atomic E-state index is 11.9. The Morgan fingerprint density at radius 3 is 2.65 bits per heavy atom. The molecule has 0 saturated heterocycles. The van der Waals surface area contributed by atoms with Crippen molar-refractivity contribution in [1.29, 1.82) is 0 Å². The number of hydrogen-bond acceptors (Lipinski definition) is 6. The molecule has 0 saturated carbocycles. The average Bonchev–Trinajstić information content (AvgIpc) is 2.98. The lowest BCUT2D eigenvalue weighted by atomic mass is 10.00. The van der Waals surface area contributed by atoms with E-state index < -0.39 is 11.7 Å². The van der Waals surface area contributed by atoms with Crippen molar-refractivity contribution in [2.24, 2.45) is 0 Å². The summed E-state index contributed by atoms with van der Waals surface area (Å²) in [6, 6.07) is 3.75. The van der Waals surface area contributed by atoms with E-state index in [1.165, 1.54) is 7.11 Å². The van der Waals surface area contributed by atoms with E-state index in [0.29, 0.717) is 24.3 Å². The monoisotopic (exact) mass is 365 g/mol. The number of benzene rings is 1. The number of methoxy groups -OCH3 is 1. The van der Waals surface area contributed by atoms with Gasteiger partial charge in [0.25, 0.3) is 0 Å². The van der Waals surface area contributed by atoms with Crippen molar-refractivity contribution in [3.05, 3.63) is 23.3 Å². The molecule has 1 heterocycles. The summed E-state index contributed by atoms with van der Waals surface area (Å²) in [5.74, 6) is 1.06. The molecule has 1 aromatic carbocycles. The molecule has 1 unspecified atom stereocenters. The van der Waals surface area contributed by atoms with E-state index in [-0.39, 0.29) is 25.2 Å². The minimum Gasteiger partial charge on any atom is -0.469 e. The third kappa shape index (κ3) is 5.82.